The molecule has 2 heterocycles. The number of nitrogens with zero attached hydrogens (tertiary/aromatic N) is 2. The van der Waals surface area contributed by atoms with Crippen molar-refractivity contribution in [2.24, 2.45) is 5.73 Å². The maximum Gasteiger partial charge on any atom is 0.337 e. The summed E-state index contributed by atoms with van der Waals surface area (Å²) in [5, 5.41) is 19.2. The fourth-order valence-corrected chi connectivity index (χ4v) is 3.69. The smallest absolute Gasteiger partial charge is 0.337 e. The zero-order chi connectivity index (χ0) is 21.8. The predicted octanol–water partition coefficient (Wildman–Crippen LogP) is 1.80. The van der Waals surface area contributed by atoms with E-state index >= 15 is 0 Å². The van der Waals surface area contributed by atoms with E-state index < -0.39 is 11.9 Å². The molecule has 0 radical (unpaired) electrons. The van der Waals surface area contributed by atoms with Gasteiger partial charge in [-0.2, -0.15) is 5.26 Å². The van der Waals surface area contributed by atoms with Crippen molar-refractivity contribution in [3.63, 3.8) is 0 Å². The number of benzene rings is 1. The van der Waals surface area contributed by atoms with Crippen LogP contribution in [0.3, 0.4) is 0 Å². The molecule has 8 heteroatoms. The number of aromatic nitrogens is 1. The van der Waals surface area contributed by atoms with Crippen LogP contribution in [0.4, 0.5) is 0 Å². The van der Waals surface area contributed by atoms with Gasteiger partial charge in [-0.15, -0.1) is 0 Å². The predicted molar refractivity (Wildman–Crippen MR) is 109 cm³/mol. The molecule has 0 amide bonds. The van der Waals surface area contributed by atoms with E-state index in [1.807, 2.05) is 6.92 Å². The van der Waals surface area contributed by atoms with Crippen LogP contribution in [0.5, 0.6) is 5.75 Å². The molecule has 1 aliphatic heterocycles. The monoisotopic (exact) mass is 409 g/mol. The highest BCUT2D eigenvalue weighted by Crippen LogP contribution is 2.40. The molecule has 3 N–H and O–H groups in total. The minimum absolute atomic E-state index is 0.0613. The Morgan fingerprint density at radius 3 is 2.63 bits per heavy atom. The molecule has 8 nitrogen and oxygen atoms in total. The Morgan fingerprint density at radius 2 is 2.07 bits per heavy atom. The van der Waals surface area contributed by atoms with Crippen LogP contribution < -0.4 is 16.0 Å². The number of ether oxygens (including phenoxy) is 2. The first-order valence-electron chi connectivity index (χ1n) is 9.60. The van der Waals surface area contributed by atoms with Crippen molar-refractivity contribution in [2.45, 2.75) is 32.2 Å². The van der Waals surface area contributed by atoms with Crippen molar-refractivity contribution in [3.8, 4) is 11.8 Å². The Hall–Kier alpha value is -3.57. The summed E-state index contributed by atoms with van der Waals surface area (Å²) in [6, 6.07) is 10.2. The Kier molecular flexibility index (Phi) is 6.23. The number of nitriles is 1. The number of aliphatic hydroxyl groups excluding tert-OH is 1. The second-order valence-electron chi connectivity index (χ2n) is 6.88. The van der Waals surface area contributed by atoms with Crippen molar-refractivity contribution in [3.05, 3.63) is 74.5 Å². The summed E-state index contributed by atoms with van der Waals surface area (Å²) in [5.41, 5.74) is 7.75. The molecular formula is C22H23N3O5. The highest BCUT2D eigenvalue weighted by Gasteiger charge is 2.34. The molecule has 0 bridgehead atoms. The van der Waals surface area contributed by atoms with Crippen molar-refractivity contribution < 1.29 is 19.4 Å². The lowest BCUT2D eigenvalue weighted by Crippen LogP contribution is -2.34. The molecule has 0 fully saturated rings. The van der Waals surface area contributed by atoms with Crippen LogP contribution in [-0.2, 0) is 17.7 Å². The van der Waals surface area contributed by atoms with Crippen LogP contribution in [0.25, 0.3) is 0 Å². The lowest BCUT2D eigenvalue weighted by Gasteiger charge is -2.27. The van der Waals surface area contributed by atoms with Gasteiger partial charge in [-0.25, -0.2) is 4.79 Å². The number of esters is 1. The number of rotatable bonds is 6. The van der Waals surface area contributed by atoms with Crippen molar-refractivity contribution in [1.82, 2.24) is 4.57 Å². The van der Waals surface area contributed by atoms with E-state index in [9.17, 15) is 20.0 Å². The Bertz CT molecular complexity index is 1090. The van der Waals surface area contributed by atoms with Gasteiger partial charge in [0.15, 0.2) is 0 Å². The fraction of sp³-hybridized carbons (Fsp3) is 0.318. The van der Waals surface area contributed by atoms with Crippen molar-refractivity contribution >= 4 is 5.97 Å². The van der Waals surface area contributed by atoms with Crippen molar-refractivity contribution in [1.29, 1.82) is 5.26 Å². The number of aliphatic hydroxyl groups is 1. The van der Waals surface area contributed by atoms with E-state index in [2.05, 4.69) is 6.07 Å². The first kappa shape index (κ1) is 21.1. The fourth-order valence-electron chi connectivity index (χ4n) is 3.69. The second kappa shape index (κ2) is 8.84. The minimum atomic E-state index is -0.751. The number of nitrogens with two attached hydrogens (primary N) is 1. The number of hydrogen-bond acceptors (Lipinski definition) is 7. The van der Waals surface area contributed by atoms with Gasteiger partial charge in [-0.05, 0) is 24.1 Å². The third-order valence-corrected chi connectivity index (χ3v) is 5.06. The van der Waals surface area contributed by atoms with Gasteiger partial charge in [0, 0.05) is 18.3 Å². The molecule has 1 aromatic heterocycles. The van der Waals surface area contributed by atoms with Crippen LogP contribution in [0.1, 0.15) is 46.4 Å². The lowest BCUT2D eigenvalue weighted by atomic mass is 9.83. The first-order chi connectivity index (χ1) is 14.5. The number of carbonyl (C=O) groups is 1. The van der Waals surface area contributed by atoms with Gasteiger partial charge in [0.25, 0.3) is 5.56 Å². The minimum Gasteiger partial charge on any atom is -0.465 e. The zero-order valence-electron chi connectivity index (χ0n) is 16.8. The van der Waals surface area contributed by atoms with Crippen LogP contribution in [0, 0.1) is 11.3 Å². The van der Waals surface area contributed by atoms with Crippen LogP contribution in [0.15, 0.2) is 46.6 Å². The molecule has 3 rings (SSSR count). The molecule has 1 atom stereocenters. The average molecular weight is 409 g/mol. The molecule has 156 valence electrons. The number of fused-ring (bicyclic) bond motifs is 1. The maximum absolute atomic E-state index is 13.4. The highest BCUT2D eigenvalue weighted by molar-refractivity contribution is 5.89. The molecule has 30 heavy (non-hydrogen) atoms. The van der Waals surface area contributed by atoms with E-state index in [1.165, 1.54) is 11.7 Å². The molecule has 0 aliphatic carbocycles. The summed E-state index contributed by atoms with van der Waals surface area (Å²) in [5.74, 6) is -0.998. The third-order valence-electron chi connectivity index (χ3n) is 5.06. The molecule has 0 saturated heterocycles. The number of hydrogen-bond donors (Lipinski definition) is 2. The van der Waals surface area contributed by atoms with Gasteiger partial charge in [0.2, 0.25) is 5.88 Å². The molecule has 0 spiro atoms. The van der Waals surface area contributed by atoms with E-state index in [0.29, 0.717) is 23.3 Å². The molecule has 1 aliphatic rings. The topological polar surface area (TPSA) is 128 Å². The van der Waals surface area contributed by atoms with Crippen LogP contribution in [0.2, 0.25) is 0 Å². The first-order valence-corrected chi connectivity index (χ1v) is 9.60. The number of carbonyl (C=O) groups excluding carboxylic acids is 1. The largest absolute Gasteiger partial charge is 0.465 e. The van der Waals surface area contributed by atoms with Gasteiger partial charge < -0.3 is 24.9 Å². The molecular weight excluding hydrogens is 386 g/mol. The zero-order valence-corrected chi connectivity index (χ0v) is 16.8. The number of pyridine rings is 1. The summed E-state index contributed by atoms with van der Waals surface area (Å²) >= 11 is 0. The summed E-state index contributed by atoms with van der Waals surface area (Å²) in [6.45, 7) is 1.93. The SMILES string of the molecule is CCCc1cc2c(c(=O)n1CCO)C(c1ccc(C(=O)OC)cc1)C(C#N)=C(N)O2. The summed E-state index contributed by atoms with van der Waals surface area (Å²) < 4.78 is 11.9. The van der Waals surface area contributed by atoms with Gasteiger partial charge in [0.1, 0.15) is 17.4 Å². The van der Waals surface area contributed by atoms with Gasteiger partial charge >= 0.3 is 5.97 Å². The van der Waals surface area contributed by atoms with Gasteiger partial charge in [-0.1, -0.05) is 25.5 Å². The van der Waals surface area contributed by atoms with Crippen molar-refractivity contribution in [2.75, 3.05) is 13.7 Å². The number of allylic oxidation sites excluding steroid dienone is 1. The number of methoxy groups -OCH3 is 1. The van der Waals surface area contributed by atoms with Crippen LogP contribution >= 0.6 is 0 Å². The summed E-state index contributed by atoms with van der Waals surface area (Å²) in [7, 11) is 1.29. The maximum atomic E-state index is 13.4. The standard InChI is InChI=1S/C22H23N3O5/c1-3-4-15-11-17-19(21(27)25(15)9-10-26)18(16(12-23)20(24)30-17)13-5-7-14(8-6-13)22(28)29-2/h5-8,11,18,26H,3-4,9-10,24H2,1-2H3. The quantitative estimate of drug-likeness (QED) is 0.696. The van der Waals surface area contributed by atoms with E-state index in [1.54, 1.807) is 30.3 Å². The Labute approximate surface area is 173 Å². The van der Waals surface area contributed by atoms with E-state index in [0.717, 1.165) is 12.1 Å². The Balaban J connectivity index is 2.23. The third kappa shape index (κ3) is 3.67. The van der Waals surface area contributed by atoms with Gasteiger partial charge in [-0.3, -0.25) is 4.79 Å². The molecule has 2 aromatic rings. The number of aryl methyl sites for hydroxylation is 1. The lowest BCUT2D eigenvalue weighted by molar-refractivity contribution is 0.0600. The Morgan fingerprint density at radius 1 is 1.37 bits per heavy atom. The van der Waals surface area contributed by atoms with E-state index in [-0.39, 0.29) is 35.7 Å². The van der Waals surface area contributed by atoms with E-state index in [4.69, 9.17) is 15.2 Å². The molecule has 1 unspecified atom stereocenters. The van der Waals surface area contributed by atoms with Crippen LogP contribution in [-0.4, -0.2) is 29.4 Å². The normalized spacial score (nSPS) is 15.2. The van der Waals surface area contributed by atoms with Gasteiger partial charge in [0.05, 0.1) is 30.8 Å². The highest BCUT2D eigenvalue weighted by atomic mass is 16.5. The molecule has 1 aromatic carbocycles. The summed E-state index contributed by atoms with van der Waals surface area (Å²) in [6.07, 6.45) is 1.43. The average Bonchev–Trinajstić information content (AvgIpc) is 2.75. The second-order valence-corrected chi connectivity index (χ2v) is 6.88. The molecule has 0 saturated carbocycles. The summed E-state index contributed by atoms with van der Waals surface area (Å²) in [4.78, 5) is 25.1.